The second kappa shape index (κ2) is 7.30. The normalized spacial score (nSPS) is 29.4. The van der Waals surface area contributed by atoms with Gasteiger partial charge in [0, 0.05) is 27.6 Å². The minimum absolute atomic E-state index is 0.0360. The van der Waals surface area contributed by atoms with Gasteiger partial charge in [-0.2, -0.15) is 0 Å². The number of nitrogens with one attached hydrogen (secondary N) is 1. The molecule has 31 heavy (non-hydrogen) atoms. The average molecular weight is 482 g/mol. The molecule has 0 radical (unpaired) electrons. The first-order valence-electron chi connectivity index (χ1n) is 10.8. The van der Waals surface area contributed by atoms with Crippen LogP contribution in [0.4, 0.5) is 0 Å². The topological polar surface area (TPSA) is 72.5 Å². The van der Waals surface area contributed by atoms with E-state index in [9.17, 15) is 14.4 Å². The molecule has 1 aliphatic heterocycles. The van der Waals surface area contributed by atoms with Gasteiger partial charge in [-0.3, -0.25) is 14.4 Å². The highest BCUT2D eigenvalue weighted by Crippen LogP contribution is 2.78. The molecule has 2 fully saturated rings. The fraction of sp³-hybridized carbons (Fsp3) is 0.400. The number of para-hydroxylation sites is 1. The van der Waals surface area contributed by atoms with Crippen molar-refractivity contribution in [1.29, 1.82) is 0 Å². The number of hydrogen-bond acceptors (Lipinski definition) is 4. The molecule has 3 aliphatic rings. The van der Waals surface area contributed by atoms with Gasteiger partial charge in [0.25, 0.3) is 0 Å². The minimum atomic E-state index is -1.54. The molecular weight excluding hydrogens is 458 g/mol. The predicted octanol–water partition coefficient (Wildman–Crippen LogP) is 4.79. The lowest BCUT2D eigenvalue weighted by atomic mass is 9.85. The van der Waals surface area contributed by atoms with Gasteiger partial charge in [-0.25, -0.2) is 0 Å². The van der Waals surface area contributed by atoms with Crippen molar-refractivity contribution >= 4 is 33.6 Å². The summed E-state index contributed by atoms with van der Waals surface area (Å²) in [5.41, 5.74) is -1.52. The van der Waals surface area contributed by atoms with Gasteiger partial charge in [-0.15, -0.1) is 0 Å². The van der Waals surface area contributed by atoms with E-state index in [0.717, 1.165) is 42.1 Å². The average Bonchev–Trinajstić information content (AvgIpc) is 3.38. The Balaban J connectivity index is 1.59. The molecule has 3 atom stereocenters. The van der Waals surface area contributed by atoms with Gasteiger partial charge in [-0.1, -0.05) is 65.5 Å². The Morgan fingerprint density at radius 1 is 1.03 bits per heavy atom. The molecule has 0 saturated heterocycles. The highest BCUT2D eigenvalue weighted by molar-refractivity contribution is 9.10. The molecule has 1 amide bonds. The summed E-state index contributed by atoms with van der Waals surface area (Å²) in [6.07, 6.45) is 5.08. The van der Waals surface area contributed by atoms with E-state index in [1.165, 1.54) is 0 Å². The van der Waals surface area contributed by atoms with Gasteiger partial charge in [0.05, 0.1) is 5.41 Å². The Morgan fingerprint density at radius 3 is 2.42 bits per heavy atom. The van der Waals surface area contributed by atoms with Crippen molar-refractivity contribution in [3.63, 3.8) is 0 Å². The highest BCUT2D eigenvalue weighted by Gasteiger charge is 2.88. The van der Waals surface area contributed by atoms with Gasteiger partial charge < -0.3 is 10.1 Å². The van der Waals surface area contributed by atoms with Crippen LogP contribution in [0.2, 0.25) is 0 Å². The molecule has 3 unspecified atom stereocenters. The summed E-state index contributed by atoms with van der Waals surface area (Å²) in [6.45, 7) is 1.74. The first kappa shape index (κ1) is 20.4. The van der Waals surface area contributed by atoms with Crippen LogP contribution in [0.15, 0.2) is 53.0 Å². The monoisotopic (exact) mass is 481 g/mol. The number of carbonyl (C=O) groups is 3. The van der Waals surface area contributed by atoms with Gasteiger partial charge in [-0.05, 0) is 38.0 Å². The third-order valence-corrected chi connectivity index (χ3v) is 7.91. The smallest absolute Gasteiger partial charge is 0.328 e. The fourth-order valence-corrected chi connectivity index (χ4v) is 5.97. The minimum Gasteiger partial charge on any atom is -0.425 e. The van der Waals surface area contributed by atoms with Crippen LogP contribution < -0.4 is 10.1 Å². The van der Waals surface area contributed by atoms with E-state index in [-0.39, 0.29) is 17.7 Å². The summed E-state index contributed by atoms with van der Waals surface area (Å²) in [6, 6.07) is 14.3. The van der Waals surface area contributed by atoms with Crippen molar-refractivity contribution in [2.75, 3.05) is 0 Å². The fourth-order valence-electron chi connectivity index (χ4n) is 5.70. The quantitative estimate of drug-likeness (QED) is 0.295. The molecule has 1 N–H and O–H groups in total. The number of Topliss-reactive ketones (excluding diaryl/α,β-unsaturated/α-hetero) is 1. The Bertz CT molecular complexity index is 1080. The highest BCUT2D eigenvalue weighted by atomic mass is 79.9. The van der Waals surface area contributed by atoms with Crippen molar-refractivity contribution in [2.24, 2.45) is 10.8 Å². The number of hydrogen-bond donors (Lipinski definition) is 1. The maximum atomic E-state index is 13.8. The lowest BCUT2D eigenvalue weighted by molar-refractivity contribution is -0.149. The Hall–Kier alpha value is -2.47. The van der Waals surface area contributed by atoms with Gasteiger partial charge >= 0.3 is 5.97 Å². The number of amides is 1. The van der Waals surface area contributed by atoms with Gasteiger partial charge in [0.2, 0.25) is 5.91 Å². The molecule has 2 aromatic carbocycles. The van der Waals surface area contributed by atoms with Crippen molar-refractivity contribution < 1.29 is 19.1 Å². The molecule has 0 spiro atoms. The van der Waals surface area contributed by atoms with Crippen LogP contribution in [0.5, 0.6) is 5.75 Å². The summed E-state index contributed by atoms with van der Waals surface area (Å²) in [5.74, 6) is -1.32. The van der Waals surface area contributed by atoms with Crippen LogP contribution in [-0.4, -0.2) is 23.7 Å². The number of rotatable bonds is 4. The lowest BCUT2D eigenvalue weighted by Crippen LogP contribution is -2.49. The van der Waals surface area contributed by atoms with Crippen LogP contribution in [0, 0.1) is 10.8 Å². The van der Waals surface area contributed by atoms with Crippen molar-refractivity contribution in [3.05, 3.63) is 64.1 Å². The Morgan fingerprint density at radius 2 is 1.71 bits per heavy atom. The first-order valence-corrected chi connectivity index (χ1v) is 11.6. The number of esters is 1. The molecule has 1 heterocycles. The summed E-state index contributed by atoms with van der Waals surface area (Å²) >= 11 is 3.39. The van der Waals surface area contributed by atoms with E-state index in [0.29, 0.717) is 11.3 Å². The predicted molar refractivity (Wildman–Crippen MR) is 119 cm³/mol. The molecule has 5 rings (SSSR count). The van der Waals surface area contributed by atoms with Crippen LogP contribution in [0.1, 0.15) is 60.9 Å². The number of ether oxygens (including phenoxy) is 1. The standard InChI is InChI=1S/C25H24BrNO4/c1-24(21(28)15-11-13-16(26)14-12-15)20-18-9-5-6-10-19(18)31-23(30)25(20,24)22(29)27-17-7-3-2-4-8-17/h5-6,9-14,17,20H,2-4,7-8H2,1H3,(H,27,29). The van der Waals surface area contributed by atoms with E-state index in [2.05, 4.69) is 21.2 Å². The molecule has 2 saturated carbocycles. The summed E-state index contributed by atoms with van der Waals surface area (Å²) in [5, 5.41) is 3.10. The van der Waals surface area contributed by atoms with E-state index >= 15 is 0 Å². The maximum absolute atomic E-state index is 13.8. The third kappa shape index (κ3) is 2.84. The van der Waals surface area contributed by atoms with Gasteiger partial charge in [0.1, 0.15) is 5.75 Å². The molecule has 2 aliphatic carbocycles. The summed E-state index contributed by atoms with van der Waals surface area (Å²) in [4.78, 5) is 40.8. The maximum Gasteiger partial charge on any atom is 0.328 e. The van der Waals surface area contributed by atoms with Gasteiger partial charge in [0.15, 0.2) is 11.2 Å². The number of benzene rings is 2. The lowest BCUT2D eigenvalue weighted by Gasteiger charge is -2.28. The second-order valence-corrected chi connectivity index (χ2v) is 9.93. The Labute approximate surface area is 189 Å². The Kier molecular flexibility index (Phi) is 4.81. The number of fused-ring (bicyclic) bond motifs is 3. The zero-order valence-electron chi connectivity index (χ0n) is 17.3. The summed E-state index contributed by atoms with van der Waals surface area (Å²) in [7, 11) is 0. The van der Waals surface area contributed by atoms with Crippen LogP contribution >= 0.6 is 15.9 Å². The van der Waals surface area contributed by atoms with Crippen molar-refractivity contribution in [3.8, 4) is 5.75 Å². The molecule has 0 aromatic heterocycles. The molecule has 0 bridgehead atoms. The molecular formula is C25H24BrNO4. The van der Waals surface area contributed by atoms with Crippen molar-refractivity contribution in [1.82, 2.24) is 5.32 Å². The number of ketones is 1. The summed E-state index contributed by atoms with van der Waals surface area (Å²) < 4.78 is 6.50. The first-order chi connectivity index (χ1) is 14.9. The van der Waals surface area contributed by atoms with Crippen LogP contribution in [-0.2, 0) is 9.59 Å². The van der Waals surface area contributed by atoms with E-state index in [1.54, 1.807) is 43.3 Å². The molecule has 6 heteroatoms. The molecule has 160 valence electrons. The number of halogens is 1. The zero-order chi connectivity index (χ0) is 21.8. The van der Waals surface area contributed by atoms with Crippen LogP contribution in [0.25, 0.3) is 0 Å². The van der Waals surface area contributed by atoms with E-state index in [4.69, 9.17) is 4.74 Å². The van der Waals surface area contributed by atoms with E-state index in [1.807, 2.05) is 12.1 Å². The van der Waals surface area contributed by atoms with Crippen LogP contribution in [0.3, 0.4) is 0 Å². The second-order valence-electron chi connectivity index (χ2n) is 9.02. The number of carbonyl (C=O) groups excluding carboxylic acids is 3. The zero-order valence-corrected chi connectivity index (χ0v) is 18.9. The van der Waals surface area contributed by atoms with E-state index < -0.39 is 22.7 Å². The third-order valence-electron chi connectivity index (χ3n) is 7.38. The molecule has 5 nitrogen and oxygen atoms in total. The molecule has 2 aromatic rings. The largest absolute Gasteiger partial charge is 0.425 e. The SMILES string of the molecule is CC1(C(=O)c2ccc(Br)cc2)C2c3ccccc3OC(=O)C21C(=O)NC1CCCCC1. The van der Waals surface area contributed by atoms with Crippen molar-refractivity contribution in [2.45, 2.75) is 51.0 Å².